The summed E-state index contributed by atoms with van der Waals surface area (Å²) in [6, 6.07) is 7.06. The molecule has 0 aromatic heterocycles. The van der Waals surface area contributed by atoms with Crippen LogP contribution in [0, 0.1) is 23.1 Å². The maximum Gasteiger partial charge on any atom is 0.136 e. The fourth-order valence-electron chi connectivity index (χ4n) is 5.82. The monoisotopic (exact) mass is 272 g/mol. The second-order valence-electron chi connectivity index (χ2n) is 7.58. The Morgan fingerprint density at radius 2 is 1.70 bits per heavy atom. The predicted molar refractivity (Wildman–Crippen MR) is 75.9 cm³/mol. The molecular formula is C18H21FO. The molecular weight excluding hydrogens is 251 g/mol. The van der Waals surface area contributed by atoms with E-state index < -0.39 is 0 Å². The maximum absolute atomic E-state index is 13.2. The Labute approximate surface area is 119 Å². The zero-order valence-electron chi connectivity index (χ0n) is 12.0. The van der Waals surface area contributed by atoms with Gasteiger partial charge in [-0.15, -0.1) is 0 Å². The Balaban J connectivity index is 1.79. The highest BCUT2D eigenvalue weighted by molar-refractivity contribution is 5.83. The van der Waals surface area contributed by atoms with Crippen LogP contribution < -0.4 is 0 Å². The molecule has 2 unspecified atom stereocenters. The lowest BCUT2D eigenvalue weighted by Gasteiger charge is -2.61. The van der Waals surface area contributed by atoms with E-state index >= 15 is 0 Å². The van der Waals surface area contributed by atoms with Gasteiger partial charge in [0.15, 0.2) is 0 Å². The van der Waals surface area contributed by atoms with Crippen LogP contribution in [-0.2, 0) is 10.2 Å². The number of rotatable bonds is 2. The van der Waals surface area contributed by atoms with Crippen LogP contribution in [0.15, 0.2) is 24.3 Å². The SMILES string of the molecule is CC(=O)C12CC3CC(C1)CC(c1ccc(F)cc1)(C3)C2. The molecule has 0 N–H and O–H groups in total. The van der Waals surface area contributed by atoms with Gasteiger partial charge in [0.1, 0.15) is 11.6 Å². The molecule has 5 rings (SSSR count). The van der Waals surface area contributed by atoms with Gasteiger partial charge in [-0.1, -0.05) is 12.1 Å². The first kappa shape index (κ1) is 12.6. The summed E-state index contributed by atoms with van der Waals surface area (Å²) in [5, 5.41) is 0. The van der Waals surface area contributed by atoms with Crippen LogP contribution in [0.4, 0.5) is 4.39 Å². The molecule has 20 heavy (non-hydrogen) atoms. The van der Waals surface area contributed by atoms with E-state index in [0.717, 1.165) is 19.3 Å². The predicted octanol–water partition coefficient (Wildman–Crippen LogP) is 4.25. The van der Waals surface area contributed by atoms with Crippen LogP contribution in [0.5, 0.6) is 0 Å². The quantitative estimate of drug-likeness (QED) is 0.786. The molecule has 0 saturated heterocycles. The summed E-state index contributed by atoms with van der Waals surface area (Å²) < 4.78 is 13.2. The molecule has 1 nitrogen and oxygen atoms in total. The Morgan fingerprint density at radius 1 is 1.10 bits per heavy atom. The van der Waals surface area contributed by atoms with E-state index in [0.29, 0.717) is 17.6 Å². The topological polar surface area (TPSA) is 17.1 Å². The van der Waals surface area contributed by atoms with Gasteiger partial charge in [0.25, 0.3) is 0 Å². The number of benzene rings is 1. The molecule has 0 amide bonds. The van der Waals surface area contributed by atoms with Crippen molar-refractivity contribution in [1.82, 2.24) is 0 Å². The number of hydrogen-bond acceptors (Lipinski definition) is 1. The van der Waals surface area contributed by atoms with Crippen molar-refractivity contribution in [3.8, 4) is 0 Å². The summed E-state index contributed by atoms with van der Waals surface area (Å²) in [6.07, 6.45) is 6.89. The number of carbonyl (C=O) groups is 1. The van der Waals surface area contributed by atoms with Crippen molar-refractivity contribution in [3.05, 3.63) is 35.6 Å². The fourth-order valence-corrected chi connectivity index (χ4v) is 5.82. The minimum Gasteiger partial charge on any atom is -0.299 e. The first-order chi connectivity index (χ1) is 9.51. The van der Waals surface area contributed by atoms with E-state index in [-0.39, 0.29) is 16.6 Å². The smallest absolute Gasteiger partial charge is 0.136 e. The highest BCUT2D eigenvalue weighted by Crippen LogP contribution is 2.65. The van der Waals surface area contributed by atoms with Gasteiger partial charge in [0.2, 0.25) is 0 Å². The van der Waals surface area contributed by atoms with Crippen molar-refractivity contribution < 1.29 is 9.18 Å². The third kappa shape index (κ3) is 1.63. The Morgan fingerprint density at radius 3 is 2.25 bits per heavy atom. The molecule has 4 aliphatic carbocycles. The van der Waals surface area contributed by atoms with Gasteiger partial charge in [-0.05, 0) is 80.4 Å². The minimum absolute atomic E-state index is 0.0710. The maximum atomic E-state index is 13.2. The number of hydrogen-bond donors (Lipinski definition) is 0. The van der Waals surface area contributed by atoms with E-state index in [1.165, 1.54) is 24.8 Å². The van der Waals surface area contributed by atoms with Gasteiger partial charge in [-0.2, -0.15) is 0 Å². The van der Waals surface area contributed by atoms with Crippen LogP contribution in [0.2, 0.25) is 0 Å². The molecule has 4 aliphatic rings. The molecule has 0 spiro atoms. The Bertz CT molecular complexity index is 545. The third-order valence-electron chi connectivity index (χ3n) is 6.26. The zero-order chi connectivity index (χ0) is 14.0. The van der Waals surface area contributed by atoms with Crippen molar-refractivity contribution in [3.63, 3.8) is 0 Å². The van der Waals surface area contributed by atoms with Crippen molar-refractivity contribution in [2.45, 2.75) is 50.9 Å². The molecule has 106 valence electrons. The van der Waals surface area contributed by atoms with Crippen molar-refractivity contribution in [2.24, 2.45) is 17.3 Å². The van der Waals surface area contributed by atoms with Crippen LogP contribution in [0.1, 0.15) is 51.0 Å². The molecule has 4 fully saturated rings. The van der Waals surface area contributed by atoms with E-state index in [1.54, 1.807) is 19.1 Å². The van der Waals surface area contributed by atoms with E-state index in [1.807, 2.05) is 12.1 Å². The van der Waals surface area contributed by atoms with Gasteiger partial charge >= 0.3 is 0 Å². The van der Waals surface area contributed by atoms with Crippen molar-refractivity contribution >= 4 is 5.78 Å². The normalized spacial score (nSPS) is 41.9. The molecule has 1 aromatic rings. The molecule has 0 aliphatic heterocycles. The minimum atomic E-state index is -0.167. The zero-order valence-corrected chi connectivity index (χ0v) is 12.0. The molecule has 1 aromatic carbocycles. The Hall–Kier alpha value is -1.18. The molecule has 4 saturated carbocycles. The first-order valence-corrected chi connectivity index (χ1v) is 7.79. The standard InChI is InChI=1S/C18H21FO/c1-12(20)17-7-13-6-14(8-17)10-18(9-13,11-17)15-2-4-16(19)5-3-15/h2-5,13-14H,6-11H2,1H3. The van der Waals surface area contributed by atoms with Gasteiger partial charge in [-0.25, -0.2) is 4.39 Å². The summed E-state index contributed by atoms with van der Waals surface area (Å²) in [6.45, 7) is 1.78. The first-order valence-electron chi connectivity index (χ1n) is 7.79. The average Bonchev–Trinajstić information content (AvgIpc) is 2.37. The summed E-state index contributed by atoms with van der Waals surface area (Å²) in [5.41, 5.74) is 1.33. The Kier molecular flexibility index (Phi) is 2.47. The molecule has 2 atom stereocenters. The highest BCUT2D eigenvalue weighted by Gasteiger charge is 2.59. The molecule has 4 bridgehead atoms. The van der Waals surface area contributed by atoms with Gasteiger partial charge < -0.3 is 0 Å². The second-order valence-corrected chi connectivity index (χ2v) is 7.58. The lowest BCUT2D eigenvalue weighted by atomic mass is 9.42. The van der Waals surface area contributed by atoms with Gasteiger partial charge in [0, 0.05) is 5.41 Å². The summed E-state index contributed by atoms with van der Waals surface area (Å²) >= 11 is 0. The highest BCUT2D eigenvalue weighted by atomic mass is 19.1. The van der Waals surface area contributed by atoms with Crippen molar-refractivity contribution in [2.75, 3.05) is 0 Å². The van der Waals surface area contributed by atoms with E-state index in [2.05, 4.69) is 0 Å². The number of ketones is 1. The number of halogens is 1. The fraction of sp³-hybridized carbons (Fsp3) is 0.611. The molecule has 0 radical (unpaired) electrons. The van der Waals surface area contributed by atoms with Gasteiger partial charge in [-0.3, -0.25) is 4.79 Å². The second kappa shape index (κ2) is 3.93. The summed E-state index contributed by atoms with van der Waals surface area (Å²) in [5.74, 6) is 1.62. The van der Waals surface area contributed by atoms with E-state index in [4.69, 9.17) is 0 Å². The lowest BCUT2D eigenvalue weighted by Crippen LogP contribution is -2.56. The van der Waals surface area contributed by atoms with Crippen LogP contribution in [0.25, 0.3) is 0 Å². The average molecular weight is 272 g/mol. The molecule has 0 heterocycles. The number of Topliss-reactive ketones (excluding diaryl/α,β-unsaturated/α-hetero) is 1. The van der Waals surface area contributed by atoms with Crippen LogP contribution in [-0.4, -0.2) is 5.78 Å². The van der Waals surface area contributed by atoms with Gasteiger partial charge in [0.05, 0.1) is 0 Å². The third-order valence-corrected chi connectivity index (χ3v) is 6.26. The van der Waals surface area contributed by atoms with E-state index in [9.17, 15) is 9.18 Å². The number of carbonyl (C=O) groups excluding carboxylic acids is 1. The van der Waals surface area contributed by atoms with Crippen molar-refractivity contribution in [1.29, 1.82) is 0 Å². The molecule has 2 heteroatoms. The van der Waals surface area contributed by atoms with Crippen LogP contribution >= 0.6 is 0 Å². The lowest BCUT2D eigenvalue weighted by molar-refractivity contribution is -0.144. The summed E-state index contributed by atoms with van der Waals surface area (Å²) in [4.78, 5) is 12.3. The summed E-state index contributed by atoms with van der Waals surface area (Å²) in [7, 11) is 0. The van der Waals surface area contributed by atoms with Crippen LogP contribution in [0.3, 0.4) is 0 Å². The largest absolute Gasteiger partial charge is 0.299 e.